The zero-order chi connectivity index (χ0) is 22.9. The Morgan fingerprint density at radius 3 is 1.76 bits per heavy atom. The summed E-state index contributed by atoms with van der Waals surface area (Å²) < 4.78 is 0. The van der Waals surface area contributed by atoms with E-state index >= 15 is 0 Å². The number of carboxylic acids is 1. The van der Waals surface area contributed by atoms with Gasteiger partial charge in [-0.3, -0.25) is 19.2 Å². The first-order valence-corrected chi connectivity index (χ1v) is 9.73. The summed E-state index contributed by atoms with van der Waals surface area (Å²) in [6.45, 7) is 6.78. The van der Waals surface area contributed by atoms with Crippen LogP contribution in [0.1, 0.15) is 34.1 Å². The van der Waals surface area contributed by atoms with Crippen LogP contribution in [0.5, 0.6) is 0 Å². The van der Waals surface area contributed by atoms with Crippen LogP contribution in [0.25, 0.3) is 0 Å². The van der Waals surface area contributed by atoms with Gasteiger partial charge in [0, 0.05) is 5.75 Å². The van der Waals surface area contributed by atoms with E-state index in [1.807, 2.05) is 0 Å². The number of thiol groups is 1. The van der Waals surface area contributed by atoms with Crippen molar-refractivity contribution in [2.45, 2.75) is 58.3 Å². The lowest BCUT2D eigenvalue weighted by Gasteiger charge is -2.26. The maximum Gasteiger partial charge on any atom is 0.326 e. The third-order valence-electron chi connectivity index (χ3n) is 4.10. The van der Waals surface area contributed by atoms with Crippen molar-refractivity contribution in [3.63, 3.8) is 0 Å². The Morgan fingerprint density at radius 2 is 1.38 bits per heavy atom. The molecule has 0 aromatic carbocycles. The normalized spacial score (nSPS) is 15.2. The predicted molar refractivity (Wildman–Crippen MR) is 109 cm³/mol. The van der Waals surface area contributed by atoms with Gasteiger partial charge in [0.1, 0.15) is 18.1 Å². The van der Waals surface area contributed by atoms with Gasteiger partial charge in [0.15, 0.2) is 0 Å². The highest BCUT2D eigenvalue weighted by atomic mass is 32.1. The van der Waals surface area contributed by atoms with Crippen LogP contribution in [0.15, 0.2) is 0 Å². The van der Waals surface area contributed by atoms with E-state index < -0.39 is 66.1 Å². The summed E-state index contributed by atoms with van der Waals surface area (Å²) in [5.41, 5.74) is 10.7. The number of nitrogens with one attached hydrogen (secondary N) is 3. The third-order valence-corrected chi connectivity index (χ3v) is 4.47. The summed E-state index contributed by atoms with van der Waals surface area (Å²) in [6.07, 6.45) is -0.595. The van der Waals surface area contributed by atoms with Gasteiger partial charge in [-0.1, -0.05) is 27.7 Å². The predicted octanol–water partition coefficient (Wildman–Crippen LogP) is -2.03. The van der Waals surface area contributed by atoms with Crippen molar-refractivity contribution in [3.05, 3.63) is 0 Å². The van der Waals surface area contributed by atoms with Crippen molar-refractivity contribution >= 4 is 42.2 Å². The van der Waals surface area contributed by atoms with Crippen LogP contribution < -0.4 is 27.4 Å². The Bertz CT molecular complexity index is 627. The first-order chi connectivity index (χ1) is 13.3. The van der Waals surface area contributed by atoms with Gasteiger partial charge in [0.2, 0.25) is 23.6 Å². The molecule has 4 amide bonds. The molecule has 12 heteroatoms. The van der Waals surface area contributed by atoms with E-state index in [4.69, 9.17) is 16.6 Å². The Morgan fingerprint density at radius 1 is 0.862 bits per heavy atom. The summed E-state index contributed by atoms with van der Waals surface area (Å²) >= 11 is 4.05. The molecule has 8 N–H and O–H groups in total. The minimum absolute atomic E-state index is 0.0474. The lowest BCUT2D eigenvalue weighted by Crippen LogP contribution is -2.59. The quantitative estimate of drug-likeness (QED) is 0.172. The van der Waals surface area contributed by atoms with Crippen LogP contribution in [0.2, 0.25) is 0 Å². The van der Waals surface area contributed by atoms with Crippen LogP contribution >= 0.6 is 12.6 Å². The largest absolute Gasteiger partial charge is 0.480 e. The molecule has 0 bridgehead atoms. The molecule has 0 radical (unpaired) electrons. The second-order valence-corrected chi connectivity index (χ2v) is 7.68. The standard InChI is InChI=1S/C17H31N5O6S/c1-7(2)12(19)15(25)21-10(6-29)14(24)22-13(8(3)4)16(26)20-9(17(27)28)5-11(18)23/h7-10,12-13,29H,5-6,19H2,1-4H3,(H2,18,23)(H,20,26)(H,21,25)(H,22,24)(H,27,28). The molecule has 29 heavy (non-hydrogen) atoms. The fraction of sp³-hybridized carbons (Fsp3) is 0.706. The van der Waals surface area contributed by atoms with Gasteiger partial charge in [-0.05, 0) is 11.8 Å². The zero-order valence-electron chi connectivity index (χ0n) is 17.0. The van der Waals surface area contributed by atoms with Gasteiger partial charge < -0.3 is 32.5 Å². The van der Waals surface area contributed by atoms with E-state index in [1.165, 1.54) is 0 Å². The number of hydrogen-bond acceptors (Lipinski definition) is 7. The van der Waals surface area contributed by atoms with Crippen LogP contribution in [-0.2, 0) is 24.0 Å². The van der Waals surface area contributed by atoms with Gasteiger partial charge in [0.05, 0.1) is 12.5 Å². The number of carboxylic acid groups (broad SMARTS) is 1. The van der Waals surface area contributed by atoms with Gasteiger partial charge in [-0.25, -0.2) is 4.79 Å². The molecule has 0 fully saturated rings. The highest BCUT2D eigenvalue weighted by molar-refractivity contribution is 7.80. The van der Waals surface area contributed by atoms with Crippen molar-refractivity contribution in [2.75, 3.05) is 5.75 Å². The molecular formula is C17H31N5O6S. The number of aliphatic carboxylic acids is 1. The van der Waals surface area contributed by atoms with Crippen LogP contribution in [-0.4, -0.2) is 64.6 Å². The summed E-state index contributed by atoms with van der Waals surface area (Å²) in [5.74, 6) is -4.97. The first kappa shape index (κ1) is 26.7. The summed E-state index contributed by atoms with van der Waals surface area (Å²) in [6, 6.07) is -4.51. The highest BCUT2D eigenvalue weighted by Crippen LogP contribution is 2.06. The van der Waals surface area contributed by atoms with Crippen LogP contribution in [0.3, 0.4) is 0 Å². The Labute approximate surface area is 175 Å². The number of nitrogens with two attached hydrogens (primary N) is 2. The van der Waals surface area contributed by atoms with Crippen molar-refractivity contribution in [1.29, 1.82) is 0 Å². The summed E-state index contributed by atoms with van der Waals surface area (Å²) in [4.78, 5) is 59.3. The van der Waals surface area contributed by atoms with E-state index in [2.05, 4.69) is 28.6 Å². The topological polar surface area (TPSA) is 194 Å². The van der Waals surface area contributed by atoms with Crippen molar-refractivity contribution < 1.29 is 29.1 Å². The zero-order valence-corrected chi connectivity index (χ0v) is 17.9. The van der Waals surface area contributed by atoms with Crippen LogP contribution in [0.4, 0.5) is 0 Å². The Hall–Kier alpha value is -2.34. The molecule has 0 aliphatic heterocycles. The highest BCUT2D eigenvalue weighted by Gasteiger charge is 2.32. The number of carbonyl (C=O) groups is 5. The molecule has 4 unspecified atom stereocenters. The average Bonchev–Trinajstić information content (AvgIpc) is 2.61. The van der Waals surface area contributed by atoms with Crippen molar-refractivity contribution in [1.82, 2.24) is 16.0 Å². The number of primary amides is 1. The maximum atomic E-state index is 12.5. The number of amides is 4. The number of hydrogen-bond donors (Lipinski definition) is 7. The molecule has 0 aliphatic carbocycles. The monoisotopic (exact) mass is 433 g/mol. The minimum atomic E-state index is -1.53. The summed E-state index contributed by atoms with van der Waals surface area (Å²) in [5, 5.41) is 16.3. The van der Waals surface area contributed by atoms with Gasteiger partial charge in [-0.2, -0.15) is 12.6 Å². The molecule has 0 heterocycles. The molecule has 0 aliphatic rings. The van der Waals surface area contributed by atoms with Gasteiger partial charge >= 0.3 is 5.97 Å². The van der Waals surface area contributed by atoms with E-state index in [1.54, 1.807) is 27.7 Å². The van der Waals surface area contributed by atoms with Gasteiger partial charge in [0.25, 0.3) is 0 Å². The molecule has 0 spiro atoms. The maximum absolute atomic E-state index is 12.5. The molecule has 0 aromatic heterocycles. The lowest BCUT2D eigenvalue weighted by molar-refractivity contribution is -0.144. The molecule has 4 atom stereocenters. The van der Waals surface area contributed by atoms with Gasteiger partial charge in [-0.15, -0.1) is 0 Å². The molecule has 166 valence electrons. The Kier molecular flexibility index (Phi) is 11.3. The third kappa shape index (κ3) is 9.13. The smallest absolute Gasteiger partial charge is 0.326 e. The number of rotatable bonds is 12. The number of carbonyl (C=O) groups excluding carboxylic acids is 4. The van der Waals surface area contributed by atoms with E-state index in [9.17, 15) is 24.0 Å². The molecule has 11 nitrogen and oxygen atoms in total. The van der Waals surface area contributed by atoms with E-state index in [-0.39, 0.29) is 11.7 Å². The summed E-state index contributed by atoms with van der Waals surface area (Å²) in [7, 11) is 0. The molecule has 0 saturated heterocycles. The minimum Gasteiger partial charge on any atom is -0.480 e. The van der Waals surface area contributed by atoms with Crippen molar-refractivity contribution in [2.24, 2.45) is 23.3 Å². The lowest BCUT2D eigenvalue weighted by atomic mass is 10.0. The van der Waals surface area contributed by atoms with Crippen LogP contribution in [0, 0.1) is 11.8 Å². The molecular weight excluding hydrogens is 402 g/mol. The second-order valence-electron chi connectivity index (χ2n) is 7.31. The fourth-order valence-electron chi connectivity index (χ4n) is 2.22. The van der Waals surface area contributed by atoms with Crippen molar-refractivity contribution in [3.8, 4) is 0 Å². The Balaban J connectivity index is 5.22. The SMILES string of the molecule is CC(C)C(N)C(=O)NC(CS)C(=O)NC(C(=O)NC(CC(N)=O)C(=O)O)C(C)C. The molecule has 0 rings (SSSR count). The first-order valence-electron chi connectivity index (χ1n) is 9.10. The van der Waals surface area contributed by atoms with E-state index in [0.717, 1.165) is 0 Å². The average molecular weight is 434 g/mol. The second kappa shape index (κ2) is 12.3. The molecule has 0 saturated carbocycles. The fourth-order valence-corrected chi connectivity index (χ4v) is 2.47. The molecule has 0 aromatic rings. The van der Waals surface area contributed by atoms with E-state index in [0.29, 0.717) is 0 Å².